The van der Waals surface area contributed by atoms with Crippen LogP contribution in [-0.2, 0) is 4.79 Å². The third-order valence-electron chi connectivity index (χ3n) is 3.66. The van der Waals surface area contributed by atoms with Gasteiger partial charge in [-0.1, -0.05) is 26.0 Å². The van der Waals surface area contributed by atoms with E-state index < -0.39 is 17.7 Å². The van der Waals surface area contributed by atoms with E-state index >= 15 is 0 Å². The van der Waals surface area contributed by atoms with Crippen molar-refractivity contribution < 1.29 is 13.6 Å². The van der Waals surface area contributed by atoms with Gasteiger partial charge < -0.3 is 4.90 Å². The van der Waals surface area contributed by atoms with Gasteiger partial charge in [-0.2, -0.15) is 0 Å². The van der Waals surface area contributed by atoms with E-state index in [1.54, 1.807) is 36.4 Å². The third kappa shape index (κ3) is 3.92. The molecule has 5 heteroatoms. The van der Waals surface area contributed by atoms with Crippen molar-refractivity contribution in [1.29, 1.82) is 0 Å². The summed E-state index contributed by atoms with van der Waals surface area (Å²) in [5.74, 6) is -1.38. The Kier molecular flexibility index (Phi) is 5.79. The summed E-state index contributed by atoms with van der Waals surface area (Å²) >= 11 is 0. The Labute approximate surface area is 135 Å². The molecular weight excluding hydrogens is 298 g/mol. The lowest BCUT2D eigenvalue weighted by Crippen LogP contribution is -2.36. The predicted octanol–water partition coefficient (Wildman–Crippen LogP) is 4.10. The maximum absolute atomic E-state index is 14.4. The molecule has 1 aromatic heterocycles. The first-order valence-electron chi connectivity index (χ1n) is 7.72. The number of rotatable bonds is 6. The van der Waals surface area contributed by atoms with Gasteiger partial charge in [0, 0.05) is 37.0 Å². The number of hydrogen-bond donors (Lipinski definition) is 0. The molecule has 0 saturated heterocycles. The molecule has 1 heterocycles. The molecule has 1 unspecified atom stereocenters. The summed E-state index contributed by atoms with van der Waals surface area (Å²) in [4.78, 5) is 18.1. The monoisotopic (exact) mass is 318 g/mol. The number of aromatic nitrogens is 1. The quantitative estimate of drug-likeness (QED) is 0.803. The SMILES string of the molecule is CCCN(C(=O)CC)C(c1cccnc1)c1ccc(F)cc1F. The van der Waals surface area contributed by atoms with E-state index in [9.17, 15) is 13.6 Å². The summed E-state index contributed by atoms with van der Waals surface area (Å²) in [6.07, 6.45) is 4.29. The first-order valence-corrected chi connectivity index (χ1v) is 7.72. The van der Waals surface area contributed by atoms with E-state index in [4.69, 9.17) is 0 Å². The van der Waals surface area contributed by atoms with Crippen LogP contribution < -0.4 is 0 Å². The highest BCUT2D eigenvalue weighted by Gasteiger charge is 2.27. The van der Waals surface area contributed by atoms with Gasteiger partial charge in [-0.05, 0) is 24.1 Å². The molecule has 3 nitrogen and oxygen atoms in total. The van der Waals surface area contributed by atoms with Gasteiger partial charge in [0.1, 0.15) is 11.6 Å². The van der Waals surface area contributed by atoms with Crippen LogP contribution in [0.2, 0.25) is 0 Å². The predicted molar refractivity (Wildman–Crippen MR) is 84.7 cm³/mol. The first kappa shape index (κ1) is 17.1. The third-order valence-corrected chi connectivity index (χ3v) is 3.66. The number of benzene rings is 1. The molecule has 23 heavy (non-hydrogen) atoms. The first-order chi connectivity index (χ1) is 11.1. The van der Waals surface area contributed by atoms with Crippen LogP contribution in [0.1, 0.15) is 43.9 Å². The van der Waals surface area contributed by atoms with Crippen LogP contribution in [0.3, 0.4) is 0 Å². The smallest absolute Gasteiger partial charge is 0.223 e. The number of nitrogens with zero attached hydrogens (tertiary/aromatic N) is 2. The topological polar surface area (TPSA) is 33.2 Å². The molecule has 1 amide bonds. The molecule has 0 radical (unpaired) electrons. The molecular formula is C18H20F2N2O. The number of hydrogen-bond acceptors (Lipinski definition) is 2. The minimum absolute atomic E-state index is 0.0792. The maximum Gasteiger partial charge on any atom is 0.223 e. The van der Waals surface area contributed by atoms with E-state index in [0.717, 1.165) is 12.5 Å². The van der Waals surface area contributed by atoms with Crippen molar-refractivity contribution in [3.63, 3.8) is 0 Å². The van der Waals surface area contributed by atoms with E-state index in [2.05, 4.69) is 4.98 Å². The Balaban J connectivity index is 2.57. The normalized spacial score (nSPS) is 12.0. The van der Waals surface area contributed by atoms with E-state index in [1.807, 2.05) is 6.92 Å². The lowest BCUT2D eigenvalue weighted by Gasteiger charge is -2.32. The van der Waals surface area contributed by atoms with Crippen LogP contribution in [0.25, 0.3) is 0 Å². The summed E-state index contributed by atoms with van der Waals surface area (Å²) in [7, 11) is 0. The number of carbonyl (C=O) groups is 1. The van der Waals surface area contributed by atoms with Gasteiger partial charge in [-0.3, -0.25) is 9.78 Å². The van der Waals surface area contributed by atoms with Crippen LogP contribution in [0.15, 0.2) is 42.7 Å². The van der Waals surface area contributed by atoms with Crippen molar-refractivity contribution in [2.24, 2.45) is 0 Å². The van der Waals surface area contributed by atoms with E-state index in [0.29, 0.717) is 18.5 Å². The van der Waals surface area contributed by atoms with Gasteiger partial charge in [-0.25, -0.2) is 8.78 Å². The van der Waals surface area contributed by atoms with Gasteiger partial charge in [0.25, 0.3) is 0 Å². The number of pyridine rings is 1. The minimum atomic E-state index is -0.663. The standard InChI is InChI=1S/C18H20F2N2O/c1-3-10-22(17(23)4-2)18(13-6-5-9-21-12-13)15-8-7-14(19)11-16(15)20/h5-9,11-12,18H,3-4,10H2,1-2H3. The molecule has 0 aliphatic rings. The maximum atomic E-state index is 14.4. The summed E-state index contributed by atoms with van der Waals surface area (Å²) in [6, 6.07) is 6.38. The summed E-state index contributed by atoms with van der Waals surface area (Å²) in [5.41, 5.74) is 0.975. The second kappa shape index (κ2) is 7.81. The van der Waals surface area contributed by atoms with Crippen LogP contribution in [-0.4, -0.2) is 22.3 Å². The van der Waals surface area contributed by atoms with Crippen LogP contribution >= 0.6 is 0 Å². The molecule has 2 aromatic rings. The molecule has 0 saturated carbocycles. The lowest BCUT2D eigenvalue weighted by molar-refractivity contribution is -0.132. The fraction of sp³-hybridized carbons (Fsp3) is 0.333. The largest absolute Gasteiger partial charge is 0.331 e. The fourth-order valence-electron chi connectivity index (χ4n) is 2.63. The molecule has 2 rings (SSSR count). The van der Waals surface area contributed by atoms with Crippen LogP contribution in [0, 0.1) is 11.6 Å². The highest BCUT2D eigenvalue weighted by molar-refractivity contribution is 5.77. The Morgan fingerprint density at radius 3 is 2.61 bits per heavy atom. The molecule has 0 N–H and O–H groups in total. The lowest BCUT2D eigenvalue weighted by atomic mass is 9.97. The fourth-order valence-corrected chi connectivity index (χ4v) is 2.63. The summed E-state index contributed by atoms with van der Waals surface area (Å²) < 4.78 is 27.6. The Morgan fingerprint density at radius 1 is 1.26 bits per heavy atom. The zero-order chi connectivity index (χ0) is 16.8. The van der Waals surface area contributed by atoms with Gasteiger partial charge in [0.2, 0.25) is 5.91 Å². The molecule has 0 bridgehead atoms. The summed E-state index contributed by atoms with van der Waals surface area (Å²) in [6.45, 7) is 4.21. The molecule has 0 fully saturated rings. The number of halogens is 2. The van der Waals surface area contributed by atoms with Crippen molar-refractivity contribution >= 4 is 5.91 Å². The second-order valence-electron chi connectivity index (χ2n) is 5.30. The Hall–Kier alpha value is -2.30. The van der Waals surface area contributed by atoms with Gasteiger partial charge in [-0.15, -0.1) is 0 Å². The van der Waals surface area contributed by atoms with Crippen molar-refractivity contribution in [3.05, 3.63) is 65.5 Å². The van der Waals surface area contributed by atoms with E-state index in [-0.39, 0.29) is 11.5 Å². The summed E-state index contributed by atoms with van der Waals surface area (Å²) in [5, 5.41) is 0. The highest BCUT2D eigenvalue weighted by atomic mass is 19.1. The van der Waals surface area contributed by atoms with Crippen molar-refractivity contribution in [2.75, 3.05) is 6.54 Å². The number of carbonyl (C=O) groups excluding carboxylic acids is 1. The molecule has 0 aliphatic heterocycles. The Morgan fingerprint density at radius 2 is 2.04 bits per heavy atom. The van der Waals surface area contributed by atoms with Gasteiger partial charge >= 0.3 is 0 Å². The minimum Gasteiger partial charge on any atom is -0.331 e. The van der Waals surface area contributed by atoms with Crippen LogP contribution in [0.4, 0.5) is 8.78 Å². The van der Waals surface area contributed by atoms with Crippen molar-refractivity contribution in [2.45, 2.75) is 32.7 Å². The average molecular weight is 318 g/mol. The average Bonchev–Trinajstić information content (AvgIpc) is 2.56. The van der Waals surface area contributed by atoms with E-state index in [1.165, 1.54) is 12.1 Å². The zero-order valence-corrected chi connectivity index (χ0v) is 13.3. The van der Waals surface area contributed by atoms with Gasteiger partial charge in [0.15, 0.2) is 0 Å². The number of amides is 1. The molecule has 1 aromatic carbocycles. The molecule has 1 atom stereocenters. The zero-order valence-electron chi connectivity index (χ0n) is 13.3. The molecule has 0 spiro atoms. The molecule has 122 valence electrons. The Bertz CT molecular complexity index is 661. The molecule has 0 aliphatic carbocycles. The van der Waals surface area contributed by atoms with Gasteiger partial charge in [0.05, 0.1) is 6.04 Å². The highest BCUT2D eigenvalue weighted by Crippen LogP contribution is 2.31. The van der Waals surface area contributed by atoms with Crippen molar-refractivity contribution in [3.8, 4) is 0 Å². The van der Waals surface area contributed by atoms with Crippen molar-refractivity contribution in [1.82, 2.24) is 9.88 Å². The van der Waals surface area contributed by atoms with Crippen LogP contribution in [0.5, 0.6) is 0 Å². The second-order valence-corrected chi connectivity index (χ2v) is 5.30.